The molecule has 8 heteroatoms. The molecular formula is C19H20N8. The number of aromatic nitrogens is 7. The number of hydrogen-bond donors (Lipinski definition) is 1. The molecule has 27 heavy (non-hydrogen) atoms. The Morgan fingerprint density at radius 2 is 2.00 bits per heavy atom. The molecule has 0 aliphatic carbocycles. The summed E-state index contributed by atoms with van der Waals surface area (Å²) in [7, 11) is 1.88. The summed E-state index contributed by atoms with van der Waals surface area (Å²) in [5, 5.41) is 15.7. The van der Waals surface area contributed by atoms with Gasteiger partial charge < -0.3 is 9.88 Å². The second kappa shape index (κ2) is 7.77. The lowest BCUT2D eigenvalue weighted by molar-refractivity contribution is 0.657. The van der Waals surface area contributed by atoms with Crippen molar-refractivity contribution in [2.75, 3.05) is 5.32 Å². The lowest BCUT2D eigenvalue weighted by atomic mass is 10.1. The molecule has 0 bridgehead atoms. The van der Waals surface area contributed by atoms with Crippen molar-refractivity contribution in [3.63, 3.8) is 0 Å². The molecule has 4 aromatic rings. The molecule has 0 aliphatic heterocycles. The van der Waals surface area contributed by atoms with Crippen LogP contribution in [0.5, 0.6) is 0 Å². The van der Waals surface area contributed by atoms with E-state index in [-0.39, 0.29) is 0 Å². The van der Waals surface area contributed by atoms with E-state index >= 15 is 0 Å². The zero-order valence-electron chi connectivity index (χ0n) is 15.0. The highest BCUT2D eigenvalue weighted by Gasteiger charge is 2.07. The lowest BCUT2D eigenvalue weighted by Crippen LogP contribution is -2.11. The van der Waals surface area contributed by atoms with Crippen molar-refractivity contribution in [2.24, 2.45) is 7.05 Å². The highest BCUT2D eigenvalue weighted by molar-refractivity contribution is 5.57. The zero-order valence-corrected chi connectivity index (χ0v) is 15.0. The predicted molar refractivity (Wildman–Crippen MR) is 102 cm³/mol. The molecule has 0 saturated heterocycles. The average molecular weight is 360 g/mol. The first-order chi connectivity index (χ1) is 13.3. The average Bonchev–Trinajstić information content (AvgIpc) is 3.34. The third kappa shape index (κ3) is 4.17. The van der Waals surface area contributed by atoms with Crippen LogP contribution in [0, 0.1) is 0 Å². The lowest BCUT2D eigenvalue weighted by Gasteiger charge is -2.08. The number of hydrogen-bond acceptors (Lipinski definition) is 6. The summed E-state index contributed by atoms with van der Waals surface area (Å²) < 4.78 is 3.80. The SMILES string of the molecule is Cn1cc(-c2ccnc(NCc3nncn3CCc3ccccc3)n2)cn1. The summed E-state index contributed by atoms with van der Waals surface area (Å²) in [5.41, 5.74) is 3.07. The largest absolute Gasteiger partial charge is 0.347 e. The van der Waals surface area contributed by atoms with Crippen molar-refractivity contribution in [2.45, 2.75) is 19.5 Å². The Balaban J connectivity index is 1.40. The topological polar surface area (TPSA) is 86.3 Å². The van der Waals surface area contributed by atoms with Crippen LogP contribution >= 0.6 is 0 Å². The second-order valence-corrected chi connectivity index (χ2v) is 6.20. The molecule has 4 rings (SSSR count). The van der Waals surface area contributed by atoms with E-state index in [0.717, 1.165) is 30.0 Å². The highest BCUT2D eigenvalue weighted by atomic mass is 15.3. The Morgan fingerprint density at radius 1 is 1.11 bits per heavy atom. The van der Waals surface area contributed by atoms with Gasteiger partial charge >= 0.3 is 0 Å². The maximum absolute atomic E-state index is 4.55. The third-order valence-electron chi connectivity index (χ3n) is 4.24. The van der Waals surface area contributed by atoms with Crippen LogP contribution in [0.25, 0.3) is 11.3 Å². The van der Waals surface area contributed by atoms with Crippen LogP contribution in [0.2, 0.25) is 0 Å². The highest BCUT2D eigenvalue weighted by Crippen LogP contribution is 2.16. The molecular weight excluding hydrogens is 340 g/mol. The van der Waals surface area contributed by atoms with E-state index in [1.54, 1.807) is 23.4 Å². The van der Waals surface area contributed by atoms with Crippen molar-refractivity contribution in [1.29, 1.82) is 0 Å². The van der Waals surface area contributed by atoms with Crippen LogP contribution in [0.3, 0.4) is 0 Å². The van der Waals surface area contributed by atoms with Gasteiger partial charge in [0, 0.05) is 31.5 Å². The molecule has 0 radical (unpaired) electrons. The minimum atomic E-state index is 0.505. The van der Waals surface area contributed by atoms with Gasteiger partial charge in [0.05, 0.1) is 18.4 Å². The fourth-order valence-electron chi connectivity index (χ4n) is 2.81. The summed E-state index contributed by atoms with van der Waals surface area (Å²) in [5.74, 6) is 1.40. The maximum Gasteiger partial charge on any atom is 0.223 e. The molecule has 136 valence electrons. The first-order valence-corrected chi connectivity index (χ1v) is 8.74. The van der Waals surface area contributed by atoms with Crippen molar-refractivity contribution in [3.8, 4) is 11.3 Å². The van der Waals surface area contributed by atoms with Gasteiger partial charge in [-0.25, -0.2) is 9.97 Å². The molecule has 3 heterocycles. The van der Waals surface area contributed by atoms with Gasteiger partial charge in [0.15, 0.2) is 5.82 Å². The number of benzene rings is 1. The van der Waals surface area contributed by atoms with Crippen LogP contribution in [0.4, 0.5) is 5.95 Å². The van der Waals surface area contributed by atoms with Crippen LogP contribution in [0.1, 0.15) is 11.4 Å². The molecule has 0 unspecified atom stereocenters. The number of nitrogens with zero attached hydrogens (tertiary/aromatic N) is 7. The third-order valence-corrected chi connectivity index (χ3v) is 4.24. The van der Waals surface area contributed by atoms with Gasteiger partial charge in [-0.3, -0.25) is 4.68 Å². The van der Waals surface area contributed by atoms with Gasteiger partial charge in [-0.2, -0.15) is 5.10 Å². The van der Waals surface area contributed by atoms with Crippen molar-refractivity contribution in [3.05, 3.63) is 72.7 Å². The molecule has 0 fully saturated rings. The van der Waals surface area contributed by atoms with E-state index in [2.05, 4.69) is 54.8 Å². The Morgan fingerprint density at radius 3 is 2.81 bits per heavy atom. The van der Waals surface area contributed by atoms with Crippen LogP contribution in [0.15, 0.2) is 61.3 Å². The predicted octanol–water partition coefficient (Wildman–Crippen LogP) is 2.32. The zero-order chi connectivity index (χ0) is 18.5. The van der Waals surface area contributed by atoms with Gasteiger partial charge in [-0.1, -0.05) is 30.3 Å². The van der Waals surface area contributed by atoms with Gasteiger partial charge in [0.2, 0.25) is 5.95 Å². The van der Waals surface area contributed by atoms with Crippen molar-refractivity contribution in [1.82, 2.24) is 34.5 Å². The van der Waals surface area contributed by atoms with E-state index in [9.17, 15) is 0 Å². The second-order valence-electron chi connectivity index (χ2n) is 6.20. The van der Waals surface area contributed by atoms with E-state index in [0.29, 0.717) is 12.5 Å². The summed E-state index contributed by atoms with van der Waals surface area (Å²) in [6.45, 7) is 1.33. The van der Waals surface area contributed by atoms with Gasteiger partial charge in [-0.05, 0) is 18.1 Å². The van der Waals surface area contributed by atoms with Crippen molar-refractivity contribution < 1.29 is 0 Å². The van der Waals surface area contributed by atoms with Crippen molar-refractivity contribution >= 4 is 5.95 Å². The molecule has 0 atom stereocenters. The Bertz CT molecular complexity index is 1010. The summed E-state index contributed by atoms with van der Waals surface area (Å²) in [6.07, 6.45) is 8.13. The van der Waals surface area contributed by atoms with Crippen LogP contribution in [-0.2, 0) is 26.6 Å². The minimum absolute atomic E-state index is 0.505. The number of rotatable bonds is 7. The van der Waals surface area contributed by atoms with Gasteiger partial charge in [-0.15, -0.1) is 10.2 Å². The summed E-state index contributed by atoms with van der Waals surface area (Å²) >= 11 is 0. The Hall–Kier alpha value is -3.55. The molecule has 0 saturated carbocycles. The molecule has 0 spiro atoms. The Labute approximate surface area is 156 Å². The normalized spacial score (nSPS) is 10.9. The molecule has 8 nitrogen and oxygen atoms in total. The molecule has 3 aromatic heterocycles. The molecule has 0 amide bonds. The van der Waals surface area contributed by atoms with Gasteiger partial charge in [0.25, 0.3) is 0 Å². The van der Waals surface area contributed by atoms with Crippen LogP contribution < -0.4 is 5.32 Å². The fraction of sp³-hybridized carbons (Fsp3) is 0.211. The first kappa shape index (κ1) is 16.9. The van der Waals surface area contributed by atoms with Crippen LogP contribution in [-0.4, -0.2) is 34.5 Å². The first-order valence-electron chi connectivity index (χ1n) is 8.74. The van der Waals surface area contributed by atoms with E-state index in [1.807, 2.05) is 29.9 Å². The van der Waals surface area contributed by atoms with E-state index in [1.165, 1.54) is 5.56 Å². The van der Waals surface area contributed by atoms with E-state index in [4.69, 9.17) is 0 Å². The van der Waals surface area contributed by atoms with E-state index < -0.39 is 0 Å². The Kier molecular flexibility index (Phi) is 4.86. The summed E-state index contributed by atoms with van der Waals surface area (Å²) in [4.78, 5) is 8.83. The monoisotopic (exact) mass is 360 g/mol. The molecule has 0 aliphatic rings. The fourth-order valence-corrected chi connectivity index (χ4v) is 2.81. The number of aryl methyl sites for hydroxylation is 3. The number of anilines is 1. The minimum Gasteiger partial charge on any atom is -0.347 e. The quantitative estimate of drug-likeness (QED) is 0.544. The smallest absolute Gasteiger partial charge is 0.223 e. The standard InChI is InChI=1S/C19H20N8/c1-26-13-16(11-23-26)17-7-9-20-19(24-17)21-12-18-25-22-14-27(18)10-8-15-5-3-2-4-6-15/h2-7,9,11,13-14H,8,10,12H2,1H3,(H,20,21,24). The van der Waals surface area contributed by atoms with Gasteiger partial charge in [0.1, 0.15) is 6.33 Å². The summed E-state index contributed by atoms with van der Waals surface area (Å²) in [6, 6.07) is 12.2. The molecule has 1 N–H and O–H groups in total. The molecule has 1 aromatic carbocycles. The maximum atomic E-state index is 4.55. The number of nitrogens with one attached hydrogen (secondary N) is 1.